The predicted octanol–water partition coefficient (Wildman–Crippen LogP) is 2.66. The van der Waals surface area contributed by atoms with Gasteiger partial charge in [-0.25, -0.2) is 9.18 Å². The summed E-state index contributed by atoms with van der Waals surface area (Å²) in [6, 6.07) is 4.74. The van der Waals surface area contributed by atoms with Crippen LogP contribution in [0.4, 0.5) is 9.18 Å². The molecule has 0 saturated heterocycles. The number of benzene rings is 1. The van der Waals surface area contributed by atoms with Gasteiger partial charge in [-0.15, -0.1) is 0 Å². The maximum absolute atomic E-state index is 13.7. The van der Waals surface area contributed by atoms with Gasteiger partial charge in [0.15, 0.2) is 0 Å². The Morgan fingerprint density at radius 2 is 2.05 bits per heavy atom. The van der Waals surface area contributed by atoms with Gasteiger partial charge in [0.05, 0.1) is 6.04 Å². The number of aliphatic hydroxyl groups excluding tert-OH is 1. The molecule has 3 rings (SSSR count). The van der Waals surface area contributed by atoms with Crippen LogP contribution in [0.2, 0.25) is 0 Å². The van der Waals surface area contributed by atoms with Gasteiger partial charge in [0.2, 0.25) is 0 Å². The van der Waals surface area contributed by atoms with Crippen molar-refractivity contribution in [2.75, 3.05) is 6.61 Å². The molecule has 1 fully saturated rings. The average molecular weight is 306 g/mol. The fourth-order valence-electron chi connectivity index (χ4n) is 3.74. The van der Waals surface area contributed by atoms with Gasteiger partial charge in [-0.05, 0) is 42.9 Å². The van der Waals surface area contributed by atoms with Crippen molar-refractivity contribution < 1.29 is 14.3 Å². The molecule has 3 atom stereocenters. The summed E-state index contributed by atoms with van der Waals surface area (Å²) in [6.07, 6.45) is 5.46. The number of rotatable bonds is 3. The molecular formula is C17H23FN2O2. The lowest BCUT2D eigenvalue weighted by molar-refractivity contribution is 0.153. The molecule has 1 aromatic carbocycles. The van der Waals surface area contributed by atoms with Gasteiger partial charge >= 0.3 is 6.03 Å². The Labute approximate surface area is 130 Å². The standard InChI is InChI=1S/C17H23FN2O2/c18-14-6-3-5-13-12(14)8-9-16(13)20-17(22)19-15-7-2-1-4-11(15)10-21/h3,5-6,11,15-16,21H,1-2,4,7-10H2,(H2,19,20,22)/t11?,15?,16-/m1/s1. The van der Waals surface area contributed by atoms with Crippen LogP contribution in [0, 0.1) is 11.7 Å². The number of urea groups is 1. The Kier molecular flexibility index (Phi) is 4.62. The van der Waals surface area contributed by atoms with E-state index < -0.39 is 0 Å². The van der Waals surface area contributed by atoms with Crippen LogP contribution in [0.5, 0.6) is 0 Å². The molecule has 2 aliphatic rings. The number of aliphatic hydroxyl groups is 1. The molecule has 2 unspecified atom stereocenters. The fraction of sp³-hybridized carbons (Fsp3) is 0.588. The van der Waals surface area contributed by atoms with Crippen molar-refractivity contribution in [2.45, 2.75) is 50.6 Å². The second-order valence-corrected chi connectivity index (χ2v) is 6.35. The highest BCUT2D eigenvalue weighted by atomic mass is 19.1. The lowest BCUT2D eigenvalue weighted by Gasteiger charge is -2.31. The Morgan fingerprint density at radius 3 is 2.86 bits per heavy atom. The molecule has 0 radical (unpaired) electrons. The maximum Gasteiger partial charge on any atom is 0.315 e. The van der Waals surface area contributed by atoms with Crippen LogP contribution in [0.1, 0.15) is 49.3 Å². The van der Waals surface area contributed by atoms with Gasteiger partial charge < -0.3 is 15.7 Å². The molecule has 0 bridgehead atoms. The van der Waals surface area contributed by atoms with Crippen LogP contribution in [0.15, 0.2) is 18.2 Å². The molecule has 0 aliphatic heterocycles. The first kappa shape index (κ1) is 15.3. The zero-order valence-electron chi connectivity index (χ0n) is 12.6. The summed E-state index contributed by atoms with van der Waals surface area (Å²) in [6.45, 7) is 0.114. The lowest BCUT2D eigenvalue weighted by Crippen LogP contribution is -2.48. The Bertz CT molecular complexity index is 549. The highest BCUT2D eigenvalue weighted by Gasteiger charge is 2.29. The van der Waals surface area contributed by atoms with E-state index in [1.54, 1.807) is 6.07 Å². The number of carbonyl (C=O) groups is 1. The number of nitrogens with one attached hydrogen (secondary N) is 2. The van der Waals surface area contributed by atoms with Gasteiger partial charge in [-0.2, -0.15) is 0 Å². The van der Waals surface area contributed by atoms with E-state index in [1.807, 2.05) is 6.07 Å². The lowest BCUT2D eigenvalue weighted by atomic mass is 9.85. The smallest absolute Gasteiger partial charge is 0.315 e. The minimum Gasteiger partial charge on any atom is -0.396 e. The van der Waals surface area contributed by atoms with Crippen molar-refractivity contribution in [3.05, 3.63) is 35.1 Å². The Balaban J connectivity index is 1.60. The van der Waals surface area contributed by atoms with E-state index in [0.29, 0.717) is 6.42 Å². The highest BCUT2D eigenvalue weighted by molar-refractivity contribution is 5.75. The predicted molar refractivity (Wildman–Crippen MR) is 82.0 cm³/mol. The number of carbonyl (C=O) groups excluding carboxylic acids is 1. The minimum atomic E-state index is -0.215. The number of fused-ring (bicyclic) bond motifs is 1. The first-order valence-electron chi connectivity index (χ1n) is 8.14. The van der Waals surface area contributed by atoms with Crippen LogP contribution < -0.4 is 10.6 Å². The third-order valence-electron chi connectivity index (χ3n) is 4.98. The third kappa shape index (κ3) is 3.09. The summed E-state index contributed by atoms with van der Waals surface area (Å²) < 4.78 is 13.7. The number of halogens is 1. The van der Waals surface area contributed by atoms with E-state index in [2.05, 4.69) is 10.6 Å². The molecule has 22 heavy (non-hydrogen) atoms. The highest BCUT2D eigenvalue weighted by Crippen LogP contribution is 2.32. The SMILES string of the molecule is O=C(NC1CCCCC1CO)N[C@@H]1CCc2c(F)cccc21. The van der Waals surface area contributed by atoms with E-state index in [0.717, 1.165) is 43.2 Å². The van der Waals surface area contributed by atoms with E-state index in [-0.39, 0.29) is 36.5 Å². The molecule has 5 heteroatoms. The van der Waals surface area contributed by atoms with Gasteiger partial charge in [0.25, 0.3) is 0 Å². The normalized spacial score (nSPS) is 27.3. The molecule has 3 N–H and O–H groups in total. The largest absolute Gasteiger partial charge is 0.396 e. The summed E-state index contributed by atoms with van der Waals surface area (Å²) in [4.78, 5) is 12.2. The fourth-order valence-corrected chi connectivity index (χ4v) is 3.74. The molecular weight excluding hydrogens is 283 g/mol. The summed E-state index contributed by atoms with van der Waals surface area (Å²) in [5.41, 5.74) is 1.61. The zero-order valence-corrected chi connectivity index (χ0v) is 12.6. The van der Waals surface area contributed by atoms with Gasteiger partial charge in [0.1, 0.15) is 5.82 Å². The van der Waals surface area contributed by atoms with Gasteiger partial charge in [0, 0.05) is 18.6 Å². The zero-order chi connectivity index (χ0) is 15.5. The van der Waals surface area contributed by atoms with Crippen molar-refractivity contribution in [1.82, 2.24) is 10.6 Å². The molecule has 0 aromatic heterocycles. The molecule has 1 saturated carbocycles. The number of amides is 2. The quantitative estimate of drug-likeness (QED) is 0.804. The van der Waals surface area contributed by atoms with Gasteiger partial charge in [-0.1, -0.05) is 25.0 Å². The third-order valence-corrected chi connectivity index (χ3v) is 4.98. The number of hydrogen-bond donors (Lipinski definition) is 3. The molecule has 120 valence electrons. The van der Waals surface area contributed by atoms with Crippen molar-refractivity contribution in [2.24, 2.45) is 5.92 Å². The second kappa shape index (κ2) is 6.65. The minimum absolute atomic E-state index is 0.0344. The second-order valence-electron chi connectivity index (χ2n) is 6.35. The molecule has 2 aliphatic carbocycles. The molecule has 1 aromatic rings. The average Bonchev–Trinajstić information content (AvgIpc) is 2.92. The van der Waals surface area contributed by atoms with Crippen LogP contribution in [-0.4, -0.2) is 23.8 Å². The molecule has 4 nitrogen and oxygen atoms in total. The van der Waals surface area contributed by atoms with E-state index >= 15 is 0 Å². The van der Waals surface area contributed by atoms with E-state index in [1.165, 1.54) is 6.07 Å². The summed E-state index contributed by atoms with van der Waals surface area (Å²) >= 11 is 0. The van der Waals surface area contributed by atoms with E-state index in [9.17, 15) is 14.3 Å². The summed E-state index contributed by atoms with van der Waals surface area (Å²) in [7, 11) is 0. The monoisotopic (exact) mass is 306 g/mol. The Hall–Kier alpha value is -1.62. The van der Waals surface area contributed by atoms with Crippen LogP contribution in [-0.2, 0) is 6.42 Å². The van der Waals surface area contributed by atoms with E-state index in [4.69, 9.17) is 0 Å². The van der Waals surface area contributed by atoms with Crippen molar-refractivity contribution in [3.63, 3.8) is 0 Å². The molecule has 0 heterocycles. The summed E-state index contributed by atoms with van der Waals surface area (Å²) in [5, 5.41) is 15.4. The maximum atomic E-state index is 13.7. The Morgan fingerprint density at radius 1 is 1.23 bits per heavy atom. The topological polar surface area (TPSA) is 61.4 Å². The van der Waals surface area contributed by atoms with Crippen molar-refractivity contribution >= 4 is 6.03 Å². The van der Waals surface area contributed by atoms with Crippen LogP contribution >= 0.6 is 0 Å². The van der Waals surface area contributed by atoms with Crippen LogP contribution in [0.3, 0.4) is 0 Å². The molecule has 0 spiro atoms. The van der Waals surface area contributed by atoms with Crippen LogP contribution in [0.25, 0.3) is 0 Å². The molecule has 2 amide bonds. The number of hydrogen-bond acceptors (Lipinski definition) is 2. The first-order chi connectivity index (χ1) is 10.7. The van der Waals surface area contributed by atoms with Crippen molar-refractivity contribution in [1.29, 1.82) is 0 Å². The van der Waals surface area contributed by atoms with Gasteiger partial charge in [-0.3, -0.25) is 0 Å². The summed E-state index contributed by atoms with van der Waals surface area (Å²) in [5.74, 6) is -0.0392. The van der Waals surface area contributed by atoms with Crippen molar-refractivity contribution in [3.8, 4) is 0 Å². The first-order valence-corrected chi connectivity index (χ1v) is 8.14.